The summed E-state index contributed by atoms with van der Waals surface area (Å²) in [5, 5.41) is 0. The number of alkyl halides is 1. The lowest BCUT2D eigenvalue weighted by atomic mass is 10.2. The van der Waals surface area contributed by atoms with E-state index in [4.69, 9.17) is 21.1 Å². The summed E-state index contributed by atoms with van der Waals surface area (Å²) in [6.07, 6.45) is 0. The number of benzene rings is 1. The molecule has 0 saturated carbocycles. The molecule has 0 fully saturated rings. The van der Waals surface area contributed by atoms with E-state index in [1.165, 1.54) is 0 Å². The summed E-state index contributed by atoms with van der Waals surface area (Å²) in [6, 6.07) is 7.63. The number of ether oxygens (including phenoxy) is 2. The summed E-state index contributed by atoms with van der Waals surface area (Å²) in [5.41, 5.74) is 0.983. The smallest absolute Gasteiger partial charge is 0.188 e. The molecule has 1 aromatic carbocycles. The summed E-state index contributed by atoms with van der Waals surface area (Å²) in [4.78, 5) is 0. The molecule has 66 valence electrons. The third-order valence-electron chi connectivity index (χ3n) is 1.45. The van der Waals surface area contributed by atoms with Crippen LogP contribution in [-0.2, 0) is 10.6 Å². The molecular weight excluding hydrogens is 176 g/mol. The molecule has 0 atom stereocenters. The molecule has 0 bridgehead atoms. The third kappa shape index (κ3) is 2.40. The van der Waals surface area contributed by atoms with Gasteiger partial charge in [0.2, 0.25) is 0 Å². The molecule has 0 spiro atoms. The van der Waals surface area contributed by atoms with Crippen LogP contribution in [0.1, 0.15) is 5.56 Å². The maximum absolute atomic E-state index is 5.69. The van der Waals surface area contributed by atoms with E-state index < -0.39 is 0 Å². The van der Waals surface area contributed by atoms with E-state index in [-0.39, 0.29) is 6.79 Å². The molecule has 0 aliphatic rings. The van der Waals surface area contributed by atoms with Crippen LogP contribution in [0, 0.1) is 0 Å². The van der Waals surface area contributed by atoms with Crippen molar-refractivity contribution in [2.45, 2.75) is 5.88 Å². The predicted molar refractivity (Wildman–Crippen MR) is 48.5 cm³/mol. The van der Waals surface area contributed by atoms with Crippen LogP contribution in [-0.4, -0.2) is 13.9 Å². The monoisotopic (exact) mass is 186 g/mol. The normalized spacial score (nSPS) is 9.83. The quantitative estimate of drug-likeness (QED) is 0.531. The standard InChI is InChI=1S/C9H11ClO2/c1-11-7-12-9-5-3-2-4-8(9)6-10/h2-5H,6-7H2,1H3. The predicted octanol–water partition coefficient (Wildman–Crippen LogP) is 2.41. The lowest BCUT2D eigenvalue weighted by Crippen LogP contribution is -2.00. The molecule has 0 aliphatic carbocycles. The average Bonchev–Trinajstić information content (AvgIpc) is 2.15. The van der Waals surface area contributed by atoms with E-state index in [9.17, 15) is 0 Å². The van der Waals surface area contributed by atoms with E-state index in [2.05, 4.69) is 0 Å². The number of halogens is 1. The summed E-state index contributed by atoms with van der Waals surface area (Å²) in [5.74, 6) is 1.24. The van der Waals surface area contributed by atoms with Gasteiger partial charge in [0.15, 0.2) is 6.79 Å². The van der Waals surface area contributed by atoms with Crippen molar-refractivity contribution < 1.29 is 9.47 Å². The molecule has 2 nitrogen and oxygen atoms in total. The zero-order chi connectivity index (χ0) is 8.81. The van der Waals surface area contributed by atoms with Crippen LogP contribution in [0.5, 0.6) is 5.75 Å². The maximum Gasteiger partial charge on any atom is 0.188 e. The Labute approximate surface area is 77.1 Å². The molecule has 0 aromatic heterocycles. The van der Waals surface area contributed by atoms with Gasteiger partial charge < -0.3 is 9.47 Å². The van der Waals surface area contributed by atoms with Crippen molar-refractivity contribution in [1.29, 1.82) is 0 Å². The van der Waals surface area contributed by atoms with Crippen molar-refractivity contribution in [1.82, 2.24) is 0 Å². The van der Waals surface area contributed by atoms with Gasteiger partial charge in [-0.1, -0.05) is 18.2 Å². The molecule has 1 aromatic rings. The second-order valence-corrected chi connectivity index (χ2v) is 2.56. The van der Waals surface area contributed by atoms with Gasteiger partial charge in [0.1, 0.15) is 5.75 Å². The van der Waals surface area contributed by atoms with Crippen LogP contribution in [0.25, 0.3) is 0 Å². The number of hydrogen-bond donors (Lipinski definition) is 0. The highest BCUT2D eigenvalue weighted by atomic mass is 35.5. The summed E-state index contributed by atoms with van der Waals surface area (Å²) in [6.45, 7) is 0.258. The van der Waals surface area contributed by atoms with Gasteiger partial charge in [-0.05, 0) is 6.07 Å². The summed E-state index contributed by atoms with van der Waals surface area (Å²) < 4.78 is 10.1. The first-order valence-electron chi connectivity index (χ1n) is 3.64. The minimum atomic E-state index is 0.258. The van der Waals surface area contributed by atoms with Crippen molar-refractivity contribution in [2.75, 3.05) is 13.9 Å². The SMILES string of the molecule is COCOc1ccccc1CCl. The fraction of sp³-hybridized carbons (Fsp3) is 0.333. The van der Waals surface area contributed by atoms with Gasteiger partial charge in [-0.25, -0.2) is 0 Å². The molecule has 0 heterocycles. The summed E-state index contributed by atoms with van der Waals surface area (Å²) in [7, 11) is 1.59. The first-order chi connectivity index (χ1) is 5.88. The Balaban J connectivity index is 2.68. The fourth-order valence-corrected chi connectivity index (χ4v) is 1.10. The van der Waals surface area contributed by atoms with Crippen molar-refractivity contribution >= 4 is 11.6 Å². The molecule has 0 unspecified atom stereocenters. The highest BCUT2D eigenvalue weighted by Crippen LogP contribution is 2.19. The highest BCUT2D eigenvalue weighted by molar-refractivity contribution is 6.17. The topological polar surface area (TPSA) is 18.5 Å². The van der Waals surface area contributed by atoms with Crippen LogP contribution in [0.3, 0.4) is 0 Å². The van der Waals surface area contributed by atoms with E-state index in [1.54, 1.807) is 7.11 Å². The second kappa shape index (κ2) is 5.01. The highest BCUT2D eigenvalue weighted by Gasteiger charge is 1.99. The number of methoxy groups -OCH3 is 1. The molecule has 0 aliphatic heterocycles. The molecule has 0 N–H and O–H groups in total. The van der Waals surface area contributed by atoms with E-state index in [0.717, 1.165) is 11.3 Å². The largest absolute Gasteiger partial charge is 0.467 e. The van der Waals surface area contributed by atoms with Gasteiger partial charge in [-0.15, -0.1) is 11.6 Å². The lowest BCUT2D eigenvalue weighted by molar-refractivity contribution is 0.0506. The zero-order valence-electron chi connectivity index (χ0n) is 6.92. The van der Waals surface area contributed by atoms with Crippen LogP contribution < -0.4 is 4.74 Å². The van der Waals surface area contributed by atoms with Gasteiger partial charge in [-0.2, -0.15) is 0 Å². The number of hydrogen-bond acceptors (Lipinski definition) is 2. The van der Waals surface area contributed by atoms with Crippen molar-refractivity contribution in [3.05, 3.63) is 29.8 Å². The Morgan fingerprint density at radius 2 is 2.08 bits per heavy atom. The van der Waals surface area contributed by atoms with Gasteiger partial charge in [0.25, 0.3) is 0 Å². The molecule has 1 rings (SSSR count). The minimum absolute atomic E-state index is 0.258. The van der Waals surface area contributed by atoms with Crippen molar-refractivity contribution in [3.63, 3.8) is 0 Å². The number of para-hydroxylation sites is 1. The van der Waals surface area contributed by atoms with Crippen LogP contribution in [0.4, 0.5) is 0 Å². The third-order valence-corrected chi connectivity index (χ3v) is 1.74. The van der Waals surface area contributed by atoms with Gasteiger partial charge in [0.05, 0.1) is 5.88 Å². The Morgan fingerprint density at radius 3 is 2.75 bits per heavy atom. The minimum Gasteiger partial charge on any atom is -0.467 e. The van der Waals surface area contributed by atoms with E-state index >= 15 is 0 Å². The van der Waals surface area contributed by atoms with Crippen LogP contribution >= 0.6 is 11.6 Å². The molecule has 3 heteroatoms. The Morgan fingerprint density at radius 1 is 1.33 bits per heavy atom. The summed E-state index contributed by atoms with van der Waals surface area (Å²) >= 11 is 5.69. The van der Waals surface area contributed by atoms with Crippen LogP contribution in [0.2, 0.25) is 0 Å². The van der Waals surface area contributed by atoms with Gasteiger partial charge >= 0.3 is 0 Å². The Bertz CT molecular complexity index is 238. The van der Waals surface area contributed by atoms with Gasteiger partial charge in [0, 0.05) is 12.7 Å². The maximum atomic E-state index is 5.69. The lowest BCUT2D eigenvalue weighted by Gasteiger charge is -2.07. The van der Waals surface area contributed by atoms with Crippen LogP contribution in [0.15, 0.2) is 24.3 Å². The molecule has 0 saturated heterocycles. The first kappa shape index (κ1) is 9.36. The van der Waals surface area contributed by atoms with E-state index in [1.807, 2.05) is 24.3 Å². The number of rotatable bonds is 4. The molecule has 12 heavy (non-hydrogen) atoms. The average molecular weight is 187 g/mol. The first-order valence-corrected chi connectivity index (χ1v) is 4.17. The fourth-order valence-electron chi connectivity index (χ4n) is 0.877. The van der Waals surface area contributed by atoms with E-state index in [0.29, 0.717) is 5.88 Å². The molecular formula is C9H11ClO2. The Kier molecular flexibility index (Phi) is 3.91. The van der Waals surface area contributed by atoms with Gasteiger partial charge in [-0.3, -0.25) is 0 Å². The van der Waals surface area contributed by atoms with Crippen molar-refractivity contribution in [3.8, 4) is 5.75 Å². The second-order valence-electron chi connectivity index (χ2n) is 2.29. The molecule has 0 amide bonds. The Hall–Kier alpha value is -0.730. The zero-order valence-corrected chi connectivity index (χ0v) is 7.67. The molecule has 0 radical (unpaired) electrons. The van der Waals surface area contributed by atoms with Crippen molar-refractivity contribution in [2.24, 2.45) is 0 Å².